The topological polar surface area (TPSA) is 104 Å². The van der Waals surface area contributed by atoms with Crippen molar-refractivity contribution in [3.63, 3.8) is 0 Å². The molecule has 7 nitrogen and oxygen atoms in total. The van der Waals surface area contributed by atoms with E-state index in [9.17, 15) is 20.0 Å². The van der Waals surface area contributed by atoms with Crippen LogP contribution in [0.2, 0.25) is 0 Å². The van der Waals surface area contributed by atoms with E-state index in [0.717, 1.165) is 25.5 Å². The molecule has 114 valence electrons. The molecular formula is C14H19N3O4. The maximum absolute atomic E-state index is 11.9. The van der Waals surface area contributed by atoms with Gasteiger partial charge in [0.2, 0.25) is 5.91 Å². The Kier molecular flexibility index (Phi) is 5.10. The molecule has 1 aromatic rings. The molecule has 0 spiro atoms. The summed E-state index contributed by atoms with van der Waals surface area (Å²) in [6.07, 6.45) is 4.44. The van der Waals surface area contributed by atoms with E-state index in [4.69, 9.17) is 0 Å². The molecule has 1 fully saturated rings. The molecule has 1 aliphatic heterocycles. The minimum atomic E-state index is -0.627. The van der Waals surface area contributed by atoms with Crippen molar-refractivity contribution >= 4 is 17.3 Å². The maximum atomic E-state index is 11.9. The number of phenols is 1. The molecule has 0 aliphatic carbocycles. The Hall–Kier alpha value is -2.15. The van der Waals surface area contributed by atoms with E-state index in [0.29, 0.717) is 12.5 Å². The molecule has 1 atom stereocenters. The second-order valence-electron chi connectivity index (χ2n) is 5.19. The number of phenolic OH excluding ortho intramolecular Hbond substituents is 1. The van der Waals surface area contributed by atoms with Gasteiger partial charge in [-0.25, -0.2) is 0 Å². The lowest BCUT2D eigenvalue weighted by Gasteiger charge is -2.23. The predicted molar refractivity (Wildman–Crippen MR) is 78.3 cm³/mol. The largest absolute Gasteiger partial charge is 0.508 e. The highest BCUT2D eigenvalue weighted by Crippen LogP contribution is 2.28. The van der Waals surface area contributed by atoms with Gasteiger partial charge < -0.3 is 15.7 Å². The SMILES string of the molecule is O=C(CCC1CCCCN1)Nc1ccc(O)cc1[N+](=O)[O-]. The van der Waals surface area contributed by atoms with Gasteiger partial charge in [0.25, 0.3) is 5.69 Å². The van der Waals surface area contributed by atoms with Crippen LogP contribution in [-0.4, -0.2) is 28.5 Å². The Bertz CT molecular complexity index is 527. The van der Waals surface area contributed by atoms with Gasteiger partial charge in [-0.15, -0.1) is 0 Å². The summed E-state index contributed by atoms with van der Waals surface area (Å²) < 4.78 is 0. The van der Waals surface area contributed by atoms with Crippen LogP contribution in [0.5, 0.6) is 5.75 Å². The third-order valence-electron chi connectivity index (χ3n) is 3.58. The van der Waals surface area contributed by atoms with Gasteiger partial charge in [0.1, 0.15) is 11.4 Å². The first-order chi connectivity index (χ1) is 10.1. The van der Waals surface area contributed by atoms with E-state index in [1.807, 2.05) is 0 Å². The molecule has 1 amide bonds. The zero-order chi connectivity index (χ0) is 15.2. The standard InChI is InChI=1S/C14H19N3O4/c18-11-5-6-12(13(9-11)17(20)21)16-14(19)7-4-10-3-1-2-8-15-10/h5-6,9-10,15,18H,1-4,7-8H2,(H,16,19). The smallest absolute Gasteiger partial charge is 0.296 e. The van der Waals surface area contributed by atoms with Crippen molar-refractivity contribution in [2.45, 2.75) is 38.1 Å². The highest BCUT2D eigenvalue weighted by molar-refractivity contribution is 5.93. The highest BCUT2D eigenvalue weighted by Gasteiger charge is 2.18. The lowest BCUT2D eigenvalue weighted by Crippen LogP contribution is -2.34. The molecule has 7 heteroatoms. The molecule has 0 saturated carbocycles. The van der Waals surface area contributed by atoms with Gasteiger partial charge in [-0.2, -0.15) is 0 Å². The number of carbonyl (C=O) groups is 1. The second kappa shape index (κ2) is 7.03. The molecule has 1 aliphatic rings. The van der Waals surface area contributed by atoms with Crippen molar-refractivity contribution in [1.82, 2.24) is 5.32 Å². The summed E-state index contributed by atoms with van der Waals surface area (Å²) in [6, 6.07) is 4.02. The van der Waals surface area contributed by atoms with E-state index in [2.05, 4.69) is 10.6 Å². The molecule has 3 N–H and O–H groups in total. The minimum Gasteiger partial charge on any atom is -0.508 e. The number of nitro benzene ring substituents is 1. The number of aromatic hydroxyl groups is 1. The van der Waals surface area contributed by atoms with Gasteiger partial charge in [0.05, 0.1) is 11.0 Å². The van der Waals surface area contributed by atoms with Gasteiger partial charge >= 0.3 is 0 Å². The van der Waals surface area contributed by atoms with E-state index >= 15 is 0 Å². The van der Waals surface area contributed by atoms with Crippen LogP contribution in [0.15, 0.2) is 18.2 Å². The average Bonchev–Trinajstić information content (AvgIpc) is 2.48. The highest BCUT2D eigenvalue weighted by atomic mass is 16.6. The molecular weight excluding hydrogens is 274 g/mol. The Morgan fingerprint density at radius 2 is 2.29 bits per heavy atom. The van der Waals surface area contributed by atoms with Gasteiger partial charge in [0.15, 0.2) is 0 Å². The van der Waals surface area contributed by atoms with Gasteiger partial charge in [-0.3, -0.25) is 14.9 Å². The summed E-state index contributed by atoms with van der Waals surface area (Å²) in [7, 11) is 0. The molecule has 1 unspecified atom stereocenters. The zero-order valence-electron chi connectivity index (χ0n) is 11.7. The molecule has 1 heterocycles. The lowest BCUT2D eigenvalue weighted by atomic mass is 10.0. The fraction of sp³-hybridized carbons (Fsp3) is 0.500. The maximum Gasteiger partial charge on any atom is 0.296 e. The number of nitrogens with zero attached hydrogens (tertiary/aromatic N) is 1. The Labute approximate surface area is 122 Å². The normalized spacial score (nSPS) is 18.2. The number of amides is 1. The summed E-state index contributed by atoms with van der Waals surface area (Å²) in [4.78, 5) is 22.2. The number of anilines is 1. The van der Waals surface area contributed by atoms with Crippen LogP contribution in [0.3, 0.4) is 0 Å². The summed E-state index contributed by atoms with van der Waals surface area (Å²) in [5, 5.41) is 26.1. The van der Waals surface area contributed by atoms with Crippen LogP contribution in [-0.2, 0) is 4.79 Å². The fourth-order valence-corrected chi connectivity index (χ4v) is 2.47. The number of hydrogen-bond donors (Lipinski definition) is 3. The van der Waals surface area contributed by atoms with Crippen molar-refractivity contribution in [1.29, 1.82) is 0 Å². The zero-order valence-corrected chi connectivity index (χ0v) is 11.7. The van der Waals surface area contributed by atoms with Crippen LogP contribution in [0.4, 0.5) is 11.4 Å². The van der Waals surface area contributed by atoms with E-state index in [1.54, 1.807) is 0 Å². The quantitative estimate of drug-likeness (QED) is 0.438. The van der Waals surface area contributed by atoms with Crippen molar-refractivity contribution < 1.29 is 14.8 Å². The summed E-state index contributed by atoms with van der Waals surface area (Å²) in [5.74, 6) is -0.456. The number of rotatable bonds is 5. The minimum absolute atomic E-state index is 0.111. The number of carbonyl (C=O) groups excluding carboxylic acids is 1. The van der Waals surface area contributed by atoms with Gasteiger partial charge in [0, 0.05) is 12.5 Å². The van der Waals surface area contributed by atoms with Crippen LogP contribution in [0, 0.1) is 10.1 Å². The number of piperidine rings is 1. The lowest BCUT2D eigenvalue weighted by molar-refractivity contribution is -0.384. The van der Waals surface area contributed by atoms with Crippen molar-refractivity contribution in [2.75, 3.05) is 11.9 Å². The van der Waals surface area contributed by atoms with Crippen LogP contribution in [0.25, 0.3) is 0 Å². The average molecular weight is 293 g/mol. The van der Waals surface area contributed by atoms with Crippen LogP contribution >= 0.6 is 0 Å². The monoisotopic (exact) mass is 293 g/mol. The Morgan fingerprint density at radius 1 is 1.48 bits per heavy atom. The van der Waals surface area contributed by atoms with E-state index < -0.39 is 4.92 Å². The summed E-state index contributed by atoms with van der Waals surface area (Å²) >= 11 is 0. The Balaban J connectivity index is 1.91. The first-order valence-electron chi connectivity index (χ1n) is 7.07. The third-order valence-corrected chi connectivity index (χ3v) is 3.58. The molecule has 2 rings (SSSR count). The van der Waals surface area contributed by atoms with Crippen molar-refractivity contribution in [2.24, 2.45) is 0 Å². The van der Waals surface area contributed by atoms with Crippen molar-refractivity contribution in [3.8, 4) is 5.75 Å². The van der Waals surface area contributed by atoms with Gasteiger partial charge in [-0.05, 0) is 37.9 Å². The number of benzene rings is 1. The van der Waals surface area contributed by atoms with Gasteiger partial charge in [-0.1, -0.05) is 6.42 Å². The van der Waals surface area contributed by atoms with Crippen LogP contribution in [0.1, 0.15) is 32.1 Å². The second-order valence-corrected chi connectivity index (χ2v) is 5.19. The van der Waals surface area contributed by atoms with Crippen LogP contribution < -0.4 is 10.6 Å². The number of nitrogens with one attached hydrogen (secondary N) is 2. The number of nitro groups is 1. The predicted octanol–water partition coefficient (Wildman–Crippen LogP) is 2.16. The number of hydrogen-bond acceptors (Lipinski definition) is 5. The third kappa shape index (κ3) is 4.42. The van der Waals surface area contributed by atoms with Crippen molar-refractivity contribution in [3.05, 3.63) is 28.3 Å². The molecule has 1 saturated heterocycles. The summed E-state index contributed by atoms with van der Waals surface area (Å²) in [5.41, 5.74) is -0.196. The molecule has 21 heavy (non-hydrogen) atoms. The van der Waals surface area contributed by atoms with E-state index in [1.165, 1.54) is 25.0 Å². The first kappa shape index (κ1) is 15.2. The fourth-order valence-electron chi connectivity index (χ4n) is 2.47. The molecule has 0 radical (unpaired) electrons. The molecule has 0 bridgehead atoms. The first-order valence-corrected chi connectivity index (χ1v) is 7.07. The Morgan fingerprint density at radius 3 is 2.95 bits per heavy atom. The summed E-state index contributed by atoms with van der Waals surface area (Å²) in [6.45, 7) is 0.982. The van der Waals surface area contributed by atoms with E-state index in [-0.39, 0.29) is 23.0 Å². The molecule has 1 aromatic carbocycles. The molecule has 0 aromatic heterocycles.